The lowest BCUT2D eigenvalue weighted by Gasteiger charge is -2.18. The van der Waals surface area contributed by atoms with E-state index in [4.69, 9.17) is 0 Å². The van der Waals surface area contributed by atoms with Gasteiger partial charge in [-0.1, -0.05) is 27.7 Å². The number of benzene rings is 1. The Hall–Kier alpha value is -1.81. The molecule has 1 heterocycles. The molecule has 0 bridgehead atoms. The molecule has 4 nitrogen and oxygen atoms in total. The van der Waals surface area contributed by atoms with Gasteiger partial charge in [0, 0.05) is 41.8 Å². The number of hydrogen-bond donors (Lipinski definition) is 1. The maximum Gasteiger partial charge on any atom is 0.227 e. The summed E-state index contributed by atoms with van der Waals surface area (Å²) in [6.45, 7) is 12.6. The van der Waals surface area contributed by atoms with Crippen molar-refractivity contribution in [1.29, 1.82) is 0 Å². The van der Waals surface area contributed by atoms with Crippen LogP contribution in [0.5, 0.6) is 0 Å². The third-order valence-corrected chi connectivity index (χ3v) is 4.65. The summed E-state index contributed by atoms with van der Waals surface area (Å²) in [4.78, 5) is 14.4. The minimum atomic E-state index is 0.0457. The van der Waals surface area contributed by atoms with Crippen molar-refractivity contribution in [2.75, 3.05) is 25.0 Å². The van der Waals surface area contributed by atoms with Crippen molar-refractivity contribution in [2.24, 2.45) is 5.92 Å². The topological polar surface area (TPSA) is 37.3 Å². The predicted molar refractivity (Wildman–Crippen MR) is 97.8 cm³/mol. The lowest BCUT2D eigenvalue weighted by atomic mass is 10.1. The van der Waals surface area contributed by atoms with E-state index in [2.05, 4.69) is 53.0 Å². The number of nitrogens with one attached hydrogen (secondary N) is 1. The quantitative estimate of drug-likeness (QED) is 0.800. The van der Waals surface area contributed by atoms with Crippen LogP contribution in [0.4, 0.5) is 5.69 Å². The first-order valence-electron chi connectivity index (χ1n) is 8.71. The lowest BCUT2D eigenvalue weighted by molar-refractivity contribution is -0.119. The van der Waals surface area contributed by atoms with Crippen LogP contribution in [0.3, 0.4) is 0 Å². The molecule has 0 aliphatic heterocycles. The molecule has 1 aromatic heterocycles. The van der Waals surface area contributed by atoms with Gasteiger partial charge >= 0.3 is 0 Å². The highest BCUT2D eigenvalue weighted by molar-refractivity contribution is 5.95. The minimum absolute atomic E-state index is 0.0457. The number of carbonyl (C=O) groups excluding carboxylic acids is 1. The molecule has 0 fully saturated rings. The van der Waals surface area contributed by atoms with Gasteiger partial charge in [0.15, 0.2) is 0 Å². The number of rotatable bonds is 8. The van der Waals surface area contributed by atoms with Crippen LogP contribution in [0.1, 0.15) is 34.1 Å². The Morgan fingerprint density at radius 2 is 1.96 bits per heavy atom. The highest BCUT2D eigenvalue weighted by atomic mass is 16.1. The second-order valence-electron chi connectivity index (χ2n) is 6.11. The molecule has 4 heteroatoms. The van der Waals surface area contributed by atoms with E-state index in [1.807, 2.05) is 19.9 Å². The van der Waals surface area contributed by atoms with Gasteiger partial charge in [-0.15, -0.1) is 0 Å². The fraction of sp³-hybridized carbons (Fsp3) is 0.526. The third-order valence-electron chi connectivity index (χ3n) is 4.65. The van der Waals surface area contributed by atoms with Crippen molar-refractivity contribution in [2.45, 2.75) is 40.7 Å². The van der Waals surface area contributed by atoms with Crippen LogP contribution in [0.15, 0.2) is 30.5 Å². The average molecular weight is 315 g/mol. The van der Waals surface area contributed by atoms with Crippen molar-refractivity contribution in [3.05, 3.63) is 30.5 Å². The van der Waals surface area contributed by atoms with E-state index in [9.17, 15) is 4.79 Å². The Morgan fingerprint density at radius 3 is 2.61 bits per heavy atom. The summed E-state index contributed by atoms with van der Waals surface area (Å²) < 4.78 is 2.29. The summed E-state index contributed by atoms with van der Waals surface area (Å²) in [5.41, 5.74) is 2.10. The molecule has 0 radical (unpaired) electrons. The molecule has 1 amide bonds. The summed E-state index contributed by atoms with van der Waals surface area (Å²) >= 11 is 0. The Labute approximate surface area is 139 Å². The molecule has 126 valence electrons. The molecular weight excluding hydrogens is 286 g/mol. The van der Waals surface area contributed by atoms with Gasteiger partial charge in [-0.25, -0.2) is 0 Å². The van der Waals surface area contributed by atoms with Gasteiger partial charge in [-0.3, -0.25) is 4.79 Å². The van der Waals surface area contributed by atoms with Crippen LogP contribution in [0.25, 0.3) is 10.9 Å². The fourth-order valence-electron chi connectivity index (χ4n) is 2.71. The number of nitrogens with zero attached hydrogens (tertiary/aromatic N) is 2. The lowest BCUT2D eigenvalue weighted by Crippen LogP contribution is -2.26. The van der Waals surface area contributed by atoms with E-state index in [0.29, 0.717) is 0 Å². The molecule has 0 aliphatic rings. The van der Waals surface area contributed by atoms with E-state index in [0.717, 1.165) is 38.3 Å². The fourth-order valence-corrected chi connectivity index (χ4v) is 2.71. The van der Waals surface area contributed by atoms with E-state index in [1.165, 1.54) is 10.9 Å². The molecule has 2 rings (SSSR count). The molecule has 1 unspecified atom stereocenters. The maximum atomic E-state index is 12.0. The van der Waals surface area contributed by atoms with Crippen molar-refractivity contribution < 1.29 is 4.79 Å². The van der Waals surface area contributed by atoms with E-state index in [1.54, 1.807) is 0 Å². The number of aromatic nitrogens is 1. The largest absolute Gasteiger partial charge is 0.346 e. The number of hydrogen-bond acceptors (Lipinski definition) is 2. The molecule has 1 aromatic carbocycles. The molecule has 0 spiro atoms. The number of carbonyl (C=O) groups is 1. The third kappa shape index (κ3) is 4.35. The summed E-state index contributed by atoms with van der Waals surface area (Å²) in [7, 11) is 0. The van der Waals surface area contributed by atoms with Crippen molar-refractivity contribution in [3.63, 3.8) is 0 Å². The van der Waals surface area contributed by atoms with Crippen molar-refractivity contribution >= 4 is 22.5 Å². The van der Waals surface area contributed by atoms with Gasteiger partial charge in [0.2, 0.25) is 5.91 Å². The molecule has 1 N–H and O–H groups in total. The van der Waals surface area contributed by atoms with E-state index >= 15 is 0 Å². The molecule has 0 aliphatic carbocycles. The highest BCUT2D eigenvalue weighted by Gasteiger charge is 2.11. The van der Waals surface area contributed by atoms with Crippen LogP contribution < -0.4 is 5.32 Å². The Balaban J connectivity index is 2.09. The average Bonchev–Trinajstić information content (AvgIpc) is 2.97. The highest BCUT2D eigenvalue weighted by Crippen LogP contribution is 2.21. The number of anilines is 1. The monoisotopic (exact) mass is 315 g/mol. The number of likely N-dealkylation sites (N-methyl/N-ethyl adjacent to an activating group) is 1. The normalized spacial score (nSPS) is 12.7. The summed E-state index contributed by atoms with van der Waals surface area (Å²) in [6.07, 6.45) is 2.99. The molecule has 2 aromatic rings. The first-order valence-corrected chi connectivity index (χ1v) is 8.71. The predicted octanol–water partition coefficient (Wildman–Crippen LogP) is 3.97. The van der Waals surface area contributed by atoms with Gasteiger partial charge in [0.25, 0.3) is 0 Å². The zero-order valence-electron chi connectivity index (χ0n) is 14.8. The molecule has 23 heavy (non-hydrogen) atoms. The van der Waals surface area contributed by atoms with Crippen molar-refractivity contribution in [3.8, 4) is 0 Å². The van der Waals surface area contributed by atoms with Gasteiger partial charge in [-0.05, 0) is 43.8 Å². The molecule has 0 saturated heterocycles. The zero-order valence-corrected chi connectivity index (χ0v) is 14.8. The smallest absolute Gasteiger partial charge is 0.227 e. The van der Waals surface area contributed by atoms with E-state index < -0.39 is 0 Å². The van der Waals surface area contributed by atoms with Gasteiger partial charge in [0.1, 0.15) is 0 Å². The van der Waals surface area contributed by atoms with Crippen LogP contribution in [-0.4, -0.2) is 35.0 Å². The minimum Gasteiger partial charge on any atom is -0.346 e. The summed E-state index contributed by atoms with van der Waals surface area (Å²) in [6, 6.07) is 8.28. The molecule has 1 atom stereocenters. The number of amides is 1. The summed E-state index contributed by atoms with van der Waals surface area (Å²) in [5, 5.41) is 4.18. The van der Waals surface area contributed by atoms with Gasteiger partial charge < -0.3 is 14.8 Å². The SMILES string of the molecule is CCC(C)C(=O)Nc1ccc2c(ccn2CCN(CC)CC)c1. The summed E-state index contributed by atoms with van der Waals surface area (Å²) in [5.74, 6) is 0.136. The van der Waals surface area contributed by atoms with E-state index in [-0.39, 0.29) is 11.8 Å². The zero-order chi connectivity index (χ0) is 16.8. The van der Waals surface area contributed by atoms with Crippen LogP contribution >= 0.6 is 0 Å². The Kier molecular flexibility index (Phi) is 6.22. The van der Waals surface area contributed by atoms with Crippen LogP contribution in [0, 0.1) is 5.92 Å². The maximum absolute atomic E-state index is 12.0. The number of fused-ring (bicyclic) bond motifs is 1. The first-order chi connectivity index (χ1) is 11.1. The standard InChI is InChI=1S/C19H29N3O/c1-5-15(4)19(23)20-17-8-9-18-16(14-17)10-11-22(18)13-12-21(6-2)7-3/h8-11,14-15H,5-7,12-13H2,1-4H3,(H,20,23). The Bertz CT molecular complexity index is 643. The molecular formula is C19H29N3O. The van der Waals surface area contributed by atoms with Crippen LogP contribution in [-0.2, 0) is 11.3 Å². The second kappa shape index (κ2) is 8.16. The van der Waals surface area contributed by atoms with Gasteiger partial charge in [0.05, 0.1) is 0 Å². The van der Waals surface area contributed by atoms with Crippen LogP contribution in [0.2, 0.25) is 0 Å². The van der Waals surface area contributed by atoms with Gasteiger partial charge in [-0.2, -0.15) is 0 Å². The second-order valence-corrected chi connectivity index (χ2v) is 6.11. The Morgan fingerprint density at radius 1 is 1.22 bits per heavy atom. The first kappa shape index (κ1) is 17.5. The van der Waals surface area contributed by atoms with Crippen molar-refractivity contribution in [1.82, 2.24) is 9.47 Å². The molecule has 0 saturated carbocycles.